The molecule has 0 bridgehead atoms. The minimum absolute atomic E-state index is 0.0766. The van der Waals surface area contributed by atoms with Gasteiger partial charge in [-0.2, -0.15) is 0 Å². The lowest BCUT2D eigenvalue weighted by Crippen LogP contribution is -1.85. The van der Waals surface area contributed by atoms with E-state index in [-0.39, 0.29) is 5.78 Å². The van der Waals surface area contributed by atoms with E-state index in [0.717, 1.165) is 5.39 Å². The van der Waals surface area contributed by atoms with Gasteiger partial charge in [-0.3, -0.25) is 4.79 Å². The normalized spacial score (nSPS) is 10.6. The number of ketones is 1. The van der Waals surface area contributed by atoms with Gasteiger partial charge in [0.1, 0.15) is 5.58 Å². The highest BCUT2D eigenvalue weighted by Crippen LogP contribution is 2.22. The fraction of sp³-hybridized carbons (Fsp3) is 0.100. The Kier molecular flexibility index (Phi) is 1.85. The Morgan fingerprint density at radius 3 is 2.85 bits per heavy atom. The van der Waals surface area contributed by atoms with Crippen molar-refractivity contribution >= 4 is 28.4 Å². The Bertz CT molecular complexity index is 471. The molecule has 0 radical (unpaired) electrons. The zero-order valence-corrected chi connectivity index (χ0v) is 7.76. The molecular weight excluding hydrogens is 188 g/mol. The number of furan rings is 1. The third-order valence-corrected chi connectivity index (χ3v) is 2.06. The summed E-state index contributed by atoms with van der Waals surface area (Å²) in [5.41, 5.74) is 0.651. The van der Waals surface area contributed by atoms with Gasteiger partial charge in [-0.25, -0.2) is 0 Å². The molecule has 0 aliphatic carbocycles. The largest absolute Gasteiger partial charge is 0.453 e. The Morgan fingerprint density at radius 1 is 1.38 bits per heavy atom. The van der Waals surface area contributed by atoms with Crippen molar-refractivity contribution in [1.29, 1.82) is 0 Å². The Labute approximate surface area is 80.1 Å². The van der Waals surface area contributed by atoms with Gasteiger partial charge in [-0.15, -0.1) is 0 Å². The molecular formula is C10H7ClO2. The van der Waals surface area contributed by atoms with Crippen molar-refractivity contribution in [3.8, 4) is 0 Å². The van der Waals surface area contributed by atoms with Crippen molar-refractivity contribution in [2.75, 3.05) is 0 Å². The van der Waals surface area contributed by atoms with Crippen LogP contribution in [0, 0.1) is 0 Å². The van der Waals surface area contributed by atoms with Gasteiger partial charge in [-0.05, 0) is 18.2 Å². The van der Waals surface area contributed by atoms with Gasteiger partial charge in [0.15, 0.2) is 11.5 Å². The number of hydrogen-bond acceptors (Lipinski definition) is 2. The highest BCUT2D eigenvalue weighted by Gasteiger charge is 2.07. The van der Waals surface area contributed by atoms with E-state index in [9.17, 15) is 4.79 Å². The van der Waals surface area contributed by atoms with E-state index < -0.39 is 0 Å². The van der Waals surface area contributed by atoms with Crippen molar-refractivity contribution in [3.63, 3.8) is 0 Å². The lowest BCUT2D eigenvalue weighted by molar-refractivity contribution is 0.0989. The molecule has 0 aliphatic heterocycles. The lowest BCUT2D eigenvalue weighted by atomic mass is 10.2. The second-order valence-electron chi connectivity index (χ2n) is 2.85. The maximum Gasteiger partial charge on any atom is 0.194 e. The molecule has 0 N–H and O–H groups in total. The van der Waals surface area contributed by atoms with Crippen LogP contribution in [0.3, 0.4) is 0 Å². The molecule has 3 heteroatoms. The number of Topliss-reactive ketones (excluding diaryl/α,β-unsaturated/α-hetero) is 1. The fourth-order valence-corrected chi connectivity index (χ4v) is 1.34. The molecule has 2 rings (SSSR count). The van der Waals surface area contributed by atoms with Crippen molar-refractivity contribution in [3.05, 3.63) is 35.0 Å². The summed E-state index contributed by atoms with van der Waals surface area (Å²) >= 11 is 5.76. The topological polar surface area (TPSA) is 30.2 Å². The van der Waals surface area contributed by atoms with Crippen molar-refractivity contribution in [2.24, 2.45) is 0 Å². The molecule has 13 heavy (non-hydrogen) atoms. The van der Waals surface area contributed by atoms with Crippen molar-refractivity contribution in [1.82, 2.24) is 0 Å². The van der Waals surface area contributed by atoms with Crippen LogP contribution >= 0.6 is 11.6 Å². The Balaban J connectivity index is 2.68. The zero-order chi connectivity index (χ0) is 9.42. The smallest absolute Gasteiger partial charge is 0.194 e. The van der Waals surface area contributed by atoms with E-state index in [2.05, 4.69) is 0 Å². The van der Waals surface area contributed by atoms with Crippen molar-refractivity contribution < 1.29 is 9.21 Å². The van der Waals surface area contributed by atoms with Crippen LogP contribution in [0.4, 0.5) is 0 Å². The lowest BCUT2D eigenvalue weighted by Gasteiger charge is -1.87. The molecule has 2 aromatic rings. The van der Waals surface area contributed by atoms with E-state index in [4.69, 9.17) is 16.0 Å². The summed E-state index contributed by atoms with van der Waals surface area (Å²) in [5.74, 6) is 0.296. The zero-order valence-electron chi connectivity index (χ0n) is 7.00. The SMILES string of the molecule is CC(=O)c1cc2ccc(Cl)cc2o1. The predicted molar refractivity (Wildman–Crippen MR) is 51.2 cm³/mol. The number of halogens is 1. The molecule has 0 spiro atoms. The van der Waals surface area contributed by atoms with Gasteiger partial charge in [0, 0.05) is 23.4 Å². The van der Waals surface area contributed by atoms with Crippen LogP contribution in [-0.2, 0) is 0 Å². The van der Waals surface area contributed by atoms with Gasteiger partial charge >= 0.3 is 0 Å². The van der Waals surface area contributed by atoms with Crippen LogP contribution < -0.4 is 0 Å². The van der Waals surface area contributed by atoms with E-state index in [1.165, 1.54) is 6.92 Å². The minimum Gasteiger partial charge on any atom is -0.453 e. The molecule has 0 saturated heterocycles. The molecule has 0 fully saturated rings. The van der Waals surface area contributed by atoms with Crippen LogP contribution in [0.2, 0.25) is 5.02 Å². The van der Waals surface area contributed by atoms with Crippen molar-refractivity contribution in [2.45, 2.75) is 6.92 Å². The first-order valence-electron chi connectivity index (χ1n) is 3.87. The summed E-state index contributed by atoms with van der Waals surface area (Å²) in [7, 11) is 0. The summed E-state index contributed by atoms with van der Waals surface area (Å²) in [4.78, 5) is 11.0. The first kappa shape index (κ1) is 8.32. The molecule has 0 atom stereocenters. The molecule has 0 amide bonds. The summed E-state index contributed by atoms with van der Waals surface area (Å²) in [6.07, 6.45) is 0. The Hall–Kier alpha value is -1.28. The van der Waals surface area contributed by atoms with E-state index in [1.54, 1.807) is 18.2 Å². The van der Waals surface area contributed by atoms with E-state index in [0.29, 0.717) is 16.4 Å². The molecule has 0 saturated carbocycles. The number of carbonyl (C=O) groups is 1. The molecule has 1 heterocycles. The first-order chi connectivity index (χ1) is 6.16. The summed E-state index contributed by atoms with van der Waals surface area (Å²) < 4.78 is 5.28. The average Bonchev–Trinajstić information content (AvgIpc) is 2.46. The van der Waals surface area contributed by atoms with E-state index in [1.807, 2.05) is 6.07 Å². The minimum atomic E-state index is -0.0766. The third kappa shape index (κ3) is 1.45. The second kappa shape index (κ2) is 2.89. The quantitative estimate of drug-likeness (QED) is 0.652. The third-order valence-electron chi connectivity index (χ3n) is 1.83. The fourth-order valence-electron chi connectivity index (χ4n) is 1.18. The Morgan fingerprint density at radius 2 is 2.15 bits per heavy atom. The maximum atomic E-state index is 11.0. The van der Waals surface area contributed by atoms with Gasteiger partial charge in [0.25, 0.3) is 0 Å². The monoisotopic (exact) mass is 194 g/mol. The van der Waals surface area contributed by atoms with Crippen LogP contribution in [-0.4, -0.2) is 5.78 Å². The maximum absolute atomic E-state index is 11.0. The highest BCUT2D eigenvalue weighted by atomic mass is 35.5. The number of carbonyl (C=O) groups excluding carboxylic acids is 1. The number of fused-ring (bicyclic) bond motifs is 1. The van der Waals surface area contributed by atoms with Crippen LogP contribution in [0.1, 0.15) is 17.5 Å². The van der Waals surface area contributed by atoms with Gasteiger partial charge in [0.05, 0.1) is 0 Å². The van der Waals surface area contributed by atoms with Gasteiger partial charge < -0.3 is 4.42 Å². The summed E-state index contributed by atoms with van der Waals surface area (Å²) in [5, 5.41) is 1.51. The molecule has 0 unspecified atom stereocenters. The highest BCUT2D eigenvalue weighted by molar-refractivity contribution is 6.31. The second-order valence-corrected chi connectivity index (χ2v) is 3.29. The first-order valence-corrected chi connectivity index (χ1v) is 4.24. The summed E-state index contributed by atoms with van der Waals surface area (Å²) in [6, 6.07) is 7.01. The van der Waals surface area contributed by atoms with Crippen LogP contribution in [0.5, 0.6) is 0 Å². The van der Waals surface area contributed by atoms with Crippen LogP contribution in [0.15, 0.2) is 28.7 Å². The van der Waals surface area contributed by atoms with Crippen LogP contribution in [0.25, 0.3) is 11.0 Å². The standard InChI is InChI=1S/C10H7ClO2/c1-6(12)9-4-7-2-3-8(11)5-10(7)13-9/h2-5H,1H3. The summed E-state index contributed by atoms with van der Waals surface area (Å²) in [6.45, 7) is 1.47. The molecule has 1 aromatic carbocycles. The van der Waals surface area contributed by atoms with Gasteiger partial charge in [0.2, 0.25) is 0 Å². The average molecular weight is 195 g/mol. The number of benzene rings is 1. The molecule has 2 nitrogen and oxygen atoms in total. The number of hydrogen-bond donors (Lipinski definition) is 0. The van der Waals surface area contributed by atoms with Gasteiger partial charge in [-0.1, -0.05) is 11.6 Å². The molecule has 0 aliphatic rings. The number of rotatable bonds is 1. The molecule has 1 aromatic heterocycles. The molecule has 66 valence electrons. The predicted octanol–water partition coefficient (Wildman–Crippen LogP) is 3.29. The van der Waals surface area contributed by atoms with E-state index >= 15 is 0 Å².